The van der Waals surface area contributed by atoms with E-state index in [-0.39, 0.29) is 24.4 Å². The van der Waals surface area contributed by atoms with E-state index in [2.05, 4.69) is 18.8 Å². The summed E-state index contributed by atoms with van der Waals surface area (Å²) >= 11 is 2.69. The molecule has 0 spiro atoms. The van der Waals surface area contributed by atoms with E-state index in [9.17, 15) is 14.7 Å². The van der Waals surface area contributed by atoms with Crippen LogP contribution in [0.4, 0.5) is 4.79 Å². The Bertz CT molecular complexity index is 679. The van der Waals surface area contributed by atoms with E-state index in [4.69, 9.17) is 9.84 Å². The molecule has 28 heavy (non-hydrogen) atoms. The maximum absolute atomic E-state index is 12.0. The zero-order chi connectivity index (χ0) is 20.5. The number of rotatable bonds is 12. The number of aromatic carboxylic acids is 1. The minimum atomic E-state index is -1.04. The molecule has 2 N–H and O–H groups in total. The van der Waals surface area contributed by atoms with Gasteiger partial charge in [0.05, 0.1) is 12.1 Å². The monoisotopic (exact) mass is 428 g/mol. The highest BCUT2D eigenvalue weighted by atomic mass is 32.2. The Kier molecular flexibility index (Phi) is 9.27. The van der Waals surface area contributed by atoms with Crippen molar-refractivity contribution >= 4 is 35.2 Å². The number of carboxylic acid groups (broad SMARTS) is 1. The van der Waals surface area contributed by atoms with E-state index >= 15 is 0 Å². The largest absolute Gasteiger partial charge is 0.476 e. The molecule has 2 rings (SSSR count). The maximum Gasteiger partial charge on any atom is 0.410 e. The summed E-state index contributed by atoms with van der Waals surface area (Å²) in [6.07, 6.45) is 6.85. The molecule has 0 bridgehead atoms. The van der Waals surface area contributed by atoms with Crippen molar-refractivity contribution in [3.05, 3.63) is 23.2 Å². The first-order chi connectivity index (χ1) is 13.4. The molecule has 1 aromatic rings. The number of hydrogen-bond acceptors (Lipinski definition) is 7. The molecule has 1 aromatic heterocycles. The molecule has 156 valence electrons. The lowest BCUT2D eigenvalue weighted by Crippen LogP contribution is -2.34. The van der Waals surface area contributed by atoms with E-state index in [0.29, 0.717) is 29.0 Å². The number of aliphatic hydroxyl groups is 1. The Morgan fingerprint density at radius 2 is 2.36 bits per heavy atom. The van der Waals surface area contributed by atoms with Crippen LogP contribution in [-0.4, -0.2) is 63.2 Å². The van der Waals surface area contributed by atoms with Gasteiger partial charge < -0.3 is 14.9 Å². The Morgan fingerprint density at radius 3 is 3.04 bits per heavy atom. The van der Waals surface area contributed by atoms with Crippen molar-refractivity contribution in [2.75, 3.05) is 18.9 Å². The summed E-state index contributed by atoms with van der Waals surface area (Å²) in [5.74, 6) is 0.00403. The van der Waals surface area contributed by atoms with Gasteiger partial charge in [-0.25, -0.2) is 14.6 Å². The molecule has 0 saturated carbocycles. The number of nitrogens with zero attached hydrogens (tertiary/aromatic N) is 2. The average molecular weight is 429 g/mol. The third-order valence-corrected chi connectivity index (χ3v) is 6.52. The molecule has 0 aromatic carbocycles. The molecule has 1 fully saturated rings. The molecular weight excluding hydrogens is 400 g/mol. The lowest BCUT2D eigenvalue weighted by molar-refractivity contribution is 0.0690. The smallest absolute Gasteiger partial charge is 0.410 e. The number of cyclic esters (lactones) is 1. The molecule has 2 heterocycles. The van der Waals surface area contributed by atoms with Crippen molar-refractivity contribution in [3.8, 4) is 0 Å². The summed E-state index contributed by atoms with van der Waals surface area (Å²) in [5, 5.41) is 20.6. The predicted molar refractivity (Wildman–Crippen MR) is 110 cm³/mol. The summed E-state index contributed by atoms with van der Waals surface area (Å²) in [6.45, 7) is 5.04. The number of aromatic nitrogens is 1. The van der Waals surface area contributed by atoms with Crippen molar-refractivity contribution in [2.24, 2.45) is 5.92 Å². The Hall–Kier alpha value is -1.58. The van der Waals surface area contributed by atoms with Crippen LogP contribution in [0.2, 0.25) is 0 Å². The van der Waals surface area contributed by atoms with E-state index < -0.39 is 12.1 Å². The van der Waals surface area contributed by atoms with Crippen LogP contribution in [0.5, 0.6) is 0 Å². The van der Waals surface area contributed by atoms with E-state index in [1.807, 2.05) is 6.08 Å². The Labute approximate surface area is 173 Å². The standard InChI is InChI=1S/C19H28N2O5S2/c1-3-4-5-13(2)10-15(22)7-6-14-11-26-19(25)21(14)8-9-27-18-20-16(12-28-18)17(23)24/h6-7,12-15,22H,3-5,8-11H2,1-2H3,(H,23,24)/t13-,14-,15+/m0/s1. The van der Waals surface area contributed by atoms with Gasteiger partial charge in [-0.3, -0.25) is 4.90 Å². The first-order valence-corrected chi connectivity index (χ1v) is 11.4. The second-order valence-corrected chi connectivity index (χ2v) is 9.13. The number of thiazole rings is 1. The quantitative estimate of drug-likeness (QED) is 0.385. The fourth-order valence-electron chi connectivity index (χ4n) is 2.95. The van der Waals surface area contributed by atoms with E-state index in [0.717, 1.165) is 12.8 Å². The molecule has 1 aliphatic heterocycles. The molecule has 0 aliphatic carbocycles. The number of ether oxygens (including phenoxy) is 1. The van der Waals surface area contributed by atoms with Crippen molar-refractivity contribution in [3.63, 3.8) is 0 Å². The SMILES string of the molecule is CCCC[C@H](C)C[C@H](O)C=C[C@H]1COC(=O)N1CCSc1nc(C(=O)O)cs1. The van der Waals surface area contributed by atoms with Crippen LogP contribution >= 0.6 is 23.1 Å². The highest BCUT2D eigenvalue weighted by molar-refractivity contribution is 8.01. The highest BCUT2D eigenvalue weighted by Crippen LogP contribution is 2.24. The number of amides is 1. The molecule has 1 amide bonds. The second kappa shape index (κ2) is 11.4. The van der Waals surface area contributed by atoms with Gasteiger partial charge in [0, 0.05) is 17.7 Å². The van der Waals surface area contributed by atoms with E-state index in [1.165, 1.54) is 34.9 Å². The van der Waals surface area contributed by atoms with Gasteiger partial charge in [-0.2, -0.15) is 0 Å². The first-order valence-electron chi connectivity index (χ1n) is 9.52. The van der Waals surface area contributed by atoms with Crippen LogP contribution in [0.1, 0.15) is 50.0 Å². The normalized spacial score (nSPS) is 19.2. The van der Waals surface area contributed by atoms with Gasteiger partial charge in [-0.1, -0.05) is 57.0 Å². The zero-order valence-corrected chi connectivity index (χ0v) is 17.9. The third kappa shape index (κ3) is 7.10. The van der Waals surface area contributed by atoms with Crippen LogP contribution in [-0.2, 0) is 4.74 Å². The highest BCUT2D eigenvalue weighted by Gasteiger charge is 2.30. The average Bonchev–Trinajstić information content (AvgIpc) is 3.26. The summed E-state index contributed by atoms with van der Waals surface area (Å²) in [7, 11) is 0. The number of thioether (sulfide) groups is 1. The minimum Gasteiger partial charge on any atom is -0.476 e. The van der Waals surface area contributed by atoms with Gasteiger partial charge in [0.2, 0.25) is 0 Å². The molecule has 3 atom stereocenters. The fraction of sp³-hybridized carbons (Fsp3) is 0.632. The van der Waals surface area contributed by atoms with Gasteiger partial charge >= 0.3 is 12.1 Å². The van der Waals surface area contributed by atoms with Gasteiger partial charge in [0.25, 0.3) is 0 Å². The second-order valence-electron chi connectivity index (χ2n) is 6.93. The fourth-order valence-corrected chi connectivity index (χ4v) is 4.76. The zero-order valence-electron chi connectivity index (χ0n) is 16.2. The number of hydrogen-bond donors (Lipinski definition) is 2. The topological polar surface area (TPSA) is 100.0 Å². The summed E-state index contributed by atoms with van der Waals surface area (Å²) in [6, 6.07) is -0.195. The maximum atomic E-state index is 12.0. The number of aliphatic hydroxyl groups excluding tert-OH is 1. The number of carbonyl (C=O) groups excluding carboxylic acids is 1. The van der Waals surface area contributed by atoms with Crippen molar-refractivity contribution in [1.29, 1.82) is 0 Å². The Morgan fingerprint density at radius 1 is 1.57 bits per heavy atom. The molecule has 0 radical (unpaired) electrons. The molecule has 0 unspecified atom stereocenters. The van der Waals surface area contributed by atoms with Crippen molar-refractivity contribution in [2.45, 2.75) is 56.0 Å². The number of unbranched alkanes of at least 4 members (excludes halogenated alkanes) is 1. The lowest BCUT2D eigenvalue weighted by atomic mass is 9.97. The summed E-state index contributed by atoms with van der Waals surface area (Å²) in [5.41, 5.74) is 0.0380. The van der Waals surface area contributed by atoms with Gasteiger partial charge in [-0.15, -0.1) is 11.3 Å². The van der Waals surface area contributed by atoms with Crippen molar-refractivity contribution < 1.29 is 24.5 Å². The number of carboxylic acids is 1. The summed E-state index contributed by atoms with van der Waals surface area (Å²) in [4.78, 5) is 28.5. The van der Waals surface area contributed by atoms with Crippen LogP contribution < -0.4 is 0 Å². The van der Waals surface area contributed by atoms with Crippen LogP contribution in [0, 0.1) is 5.92 Å². The molecular formula is C19H28N2O5S2. The molecule has 9 heteroatoms. The third-order valence-electron chi connectivity index (χ3n) is 4.52. The molecule has 1 aliphatic rings. The lowest BCUT2D eigenvalue weighted by Gasteiger charge is -2.19. The summed E-state index contributed by atoms with van der Waals surface area (Å²) < 4.78 is 5.80. The molecule has 7 nitrogen and oxygen atoms in total. The van der Waals surface area contributed by atoms with Crippen LogP contribution in [0.3, 0.4) is 0 Å². The minimum absolute atomic E-state index is 0.0380. The van der Waals surface area contributed by atoms with Gasteiger partial charge in [0.15, 0.2) is 10.0 Å². The van der Waals surface area contributed by atoms with Crippen molar-refractivity contribution in [1.82, 2.24) is 9.88 Å². The molecule has 1 saturated heterocycles. The first kappa shape index (κ1) is 22.7. The van der Waals surface area contributed by atoms with Gasteiger partial charge in [-0.05, 0) is 12.3 Å². The van der Waals surface area contributed by atoms with Crippen LogP contribution in [0.15, 0.2) is 21.9 Å². The van der Waals surface area contributed by atoms with Gasteiger partial charge in [0.1, 0.15) is 6.61 Å². The van der Waals surface area contributed by atoms with Crippen LogP contribution in [0.25, 0.3) is 0 Å². The van der Waals surface area contributed by atoms with E-state index in [1.54, 1.807) is 11.0 Å². The predicted octanol–water partition coefficient (Wildman–Crippen LogP) is 3.89. The Balaban J connectivity index is 1.80. The number of carbonyl (C=O) groups is 2.